The van der Waals surface area contributed by atoms with E-state index in [9.17, 15) is 23.4 Å². The molecule has 1 aliphatic rings. The molecular formula is C29H33N3O5SZn. The van der Waals surface area contributed by atoms with Crippen LogP contribution in [0.3, 0.4) is 0 Å². The Hall–Kier alpha value is -2.94. The maximum atomic E-state index is 12.7. The molecule has 4 aromatic rings. The standard InChI is InChI=1S/C15H17NO2.C14H16N2O3S.Zn/c1-2-3-4-7-13(17)11-8-9-14(18)15-12(11)6-5-10-16-15;17-12-6-7-13(11-5-4-8-15-14(11)12)20(18,19)16-9-2-1-3-10-16;/h5-6,8-10,18H,2-4,7H2,1H3;4-8,17H,1-3,9-10H2;. The number of fused-ring (bicyclic) bond motifs is 2. The summed E-state index contributed by atoms with van der Waals surface area (Å²) < 4.78 is 27.0. The van der Waals surface area contributed by atoms with Gasteiger partial charge in [-0.1, -0.05) is 32.3 Å². The summed E-state index contributed by atoms with van der Waals surface area (Å²) >= 11 is 0. The van der Waals surface area contributed by atoms with Crippen molar-refractivity contribution >= 4 is 37.6 Å². The van der Waals surface area contributed by atoms with Crippen LogP contribution in [-0.2, 0) is 29.5 Å². The van der Waals surface area contributed by atoms with E-state index in [1.165, 1.54) is 16.4 Å². The number of ketones is 1. The van der Waals surface area contributed by atoms with Crippen molar-refractivity contribution in [2.75, 3.05) is 13.1 Å². The van der Waals surface area contributed by atoms with E-state index in [0.29, 0.717) is 41.5 Å². The third-order valence-electron chi connectivity index (χ3n) is 6.70. The number of carbonyl (C=O) groups is 1. The number of piperidine rings is 1. The van der Waals surface area contributed by atoms with Gasteiger partial charge in [0.15, 0.2) is 5.78 Å². The molecule has 0 atom stereocenters. The normalized spacial score (nSPS) is 13.9. The van der Waals surface area contributed by atoms with E-state index < -0.39 is 10.0 Å². The molecule has 1 fully saturated rings. The van der Waals surface area contributed by atoms with E-state index in [4.69, 9.17) is 0 Å². The van der Waals surface area contributed by atoms with Crippen LogP contribution in [0.15, 0.2) is 65.8 Å². The first-order chi connectivity index (χ1) is 18.3. The molecule has 10 heteroatoms. The van der Waals surface area contributed by atoms with Crippen LogP contribution in [0.25, 0.3) is 21.8 Å². The summed E-state index contributed by atoms with van der Waals surface area (Å²) in [5.74, 6) is 0.246. The Kier molecular flexibility index (Phi) is 10.9. The summed E-state index contributed by atoms with van der Waals surface area (Å²) in [4.78, 5) is 20.5. The van der Waals surface area contributed by atoms with Crippen molar-refractivity contribution < 1.29 is 42.9 Å². The van der Waals surface area contributed by atoms with Gasteiger partial charge in [-0.25, -0.2) is 8.42 Å². The Balaban J connectivity index is 0.000000211. The molecule has 0 aliphatic carbocycles. The molecule has 0 amide bonds. The Morgan fingerprint density at radius 1 is 0.846 bits per heavy atom. The summed E-state index contributed by atoms with van der Waals surface area (Å²) in [7, 11) is -3.52. The van der Waals surface area contributed by atoms with Gasteiger partial charge >= 0.3 is 0 Å². The maximum absolute atomic E-state index is 12.7. The van der Waals surface area contributed by atoms with E-state index in [1.807, 2.05) is 6.07 Å². The van der Waals surface area contributed by atoms with Gasteiger partial charge in [-0.05, 0) is 61.7 Å². The Morgan fingerprint density at radius 2 is 1.44 bits per heavy atom. The van der Waals surface area contributed by atoms with E-state index in [2.05, 4.69) is 16.9 Å². The Morgan fingerprint density at radius 3 is 2.08 bits per heavy atom. The van der Waals surface area contributed by atoms with Gasteiger partial charge < -0.3 is 10.2 Å². The molecule has 2 N–H and O–H groups in total. The number of unbranched alkanes of at least 4 members (excludes halogenated alkanes) is 2. The first kappa shape index (κ1) is 30.6. The van der Waals surface area contributed by atoms with Crippen LogP contribution in [-0.4, -0.2) is 51.8 Å². The number of sulfonamides is 1. The molecule has 3 heterocycles. The average molecular weight is 601 g/mol. The van der Waals surface area contributed by atoms with E-state index in [1.54, 1.807) is 42.7 Å². The van der Waals surface area contributed by atoms with Gasteiger partial charge in [-0.3, -0.25) is 14.8 Å². The Labute approximate surface area is 241 Å². The molecule has 1 saturated heterocycles. The van der Waals surface area contributed by atoms with Gasteiger partial charge in [-0.2, -0.15) is 4.31 Å². The molecule has 2 aromatic heterocycles. The number of rotatable bonds is 7. The zero-order valence-electron chi connectivity index (χ0n) is 22.2. The second kappa shape index (κ2) is 13.9. The van der Waals surface area contributed by atoms with Gasteiger partial charge in [0.2, 0.25) is 10.0 Å². The summed E-state index contributed by atoms with van der Waals surface area (Å²) in [5.41, 5.74) is 1.48. The van der Waals surface area contributed by atoms with Crippen molar-refractivity contribution in [1.29, 1.82) is 0 Å². The zero-order valence-corrected chi connectivity index (χ0v) is 26.0. The van der Waals surface area contributed by atoms with E-state index >= 15 is 0 Å². The number of nitrogens with zero attached hydrogens (tertiary/aromatic N) is 3. The van der Waals surface area contributed by atoms with Gasteiger partial charge in [0.25, 0.3) is 0 Å². The van der Waals surface area contributed by atoms with Crippen molar-refractivity contribution in [2.45, 2.75) is 56.8 Å². The fourth-order valence-electron chi connectivity index (χ4n) is 4.67. The molecule has 2 aromatic carbocycles. The number of phenols is 2. The molecule has 5 rings (SSSR count). The molecule has 0 spiro atoms. The van der Waals surface area contributed by atoms with E-state index in [-0.39, 0.29) is 41.7 Å². The second-order valence-corrected chi connectivity index (χ2v) is 11.3. The average Bonchev–Trinajstić information content (AvgIpc) is 2.94. The van der Waals surface area contributed by atoms with Gasteiger partial charge in [-0.15, -0.1) is 0 Å². The molecule has 0 bridgehead atoms. The smallest absolute Gasteiger partial charge is 0.243 e. The maximum Gasteiger partial charge on any atom is 0.243 e. The number of aromatic nitrogens is 2. The van der Waals surface area contributed by atoms with Gasteiger partial charge in [0.1, 0.15) is 22.5 Å². The number of hydrogen-bond acceptors (Lipinski definition) is 7. The minimum atomic E-state index is -3.52. The molecule has 39 heavy (non-hydrogen) atoms. The van der Waals surface area contributed by atoms with E-state index in [0.717, 1.165) is 43.9 Å². The molecule has 8 nitrogen and oxygen atoms in total. The molecule has 0 unspecified atom stereocenters. The Bertz CT molecular complexity index is 1540. The topological polar surface area (TPSA) is 121 Å². The number of carbonyl (C=O) groups excluding carboxylic acids is 1. The third kappa shape index (κ3) is 6.99. The van der Waals surface area contributed by atoms with Crippen LogP contribution in [0.1, 0.15) is 62.2 Å². The summed E-state index contributed by atoms with van der Waals surface area (Å²) in [5, 5.41) is 20.7. The second-order valence-electron chi connectivity index (χ2n) is 9.36. The number of pyridine rings is 2. The fraction of sp³-hybridized carbons (Fsp3) is 0.345. The fourth-order valence-corrected chi connectivity index (χ4v) is 6.37. The van der Waals surface area contributed by atoms with Crippen LogP contribution in [0.5, 0.6) is 11.5 Å². The van der Waals surface area contributed by atoms with Crippen molar-refractivity contribution in [2.24, 2.45) is 0 Å². The van der Waals surface area contributed by atoms with Crippen LogP contribution < -0.4 is 0 Å². The zero-order chi connectivity index (χ0) is 27.1. The summed E-state index contributed by atoms with van der Waals surface area (Å²) in [6.45, 7) is 3.24. The molecule has 1 aliphatic heterocycles. The van der Waals surface area contributed by atoms with Gasteiger partial charge in [0.05, 0.1) is 4.90 Å². The summed E-state index contributed by atoms with van der Waals surface area (Å²) in [6.07, 6.45) is 9.67. The predicted molar refractivity (Wildman–Crippen MR) is 148 cm³/mol. The first-order valence-corrected chi connectivity index (χ1v) is 14.5. The van der Waals surface area contributed by atoms with Crippen molar-refractivity contribution in [3.05, 3.63) is 66.5 Å². The minimum absolute atomic E-state index is 0. The predicted octanol–water partition coefficient (Wildman–Crippen LogP) is 5.82. The van der Waals surface area contributed by atoms with Crippen LogP contribution in [0, 0.1) is 0 Å². The largest absolute Gasteiger partial charge is 0.506 e. The van der Waals surface area contributed by atoms with Crippen molar-refractivity contribution in [3.63, 3.8) is 0 Å². The minimum Gasteiger partial charge on any atom is -0.506 e. The number of hydrogen-bond donors (Lipinski definition) is 2. The number of Topliss-reactive ketones (excluding diaryl/α,β-unsaturated/α-hetero) is 1. The monoisotopic (exact) mass is 599 g/mol. The number of benzene rings is 2. The quantitative estimate of drug-likeness (QED) is 0.156. The number of phenolic OH excluding ortho intramolecular Hbond substituents is 2. The van der Waals surface area contributed by atoms with Crippen molar-refractivity contribution in [3.8, 4) is 11.5 Å². The molecular weight excluding hydrogens is 568 g/mol. The van der Waals surface area contributed by atoms with Crippen molar-refractivity contribution in [1.82, 2.24) is 14.3 Å². The first-order valence-electron chi connectivity index (χ1n) is 13.0. The SMILES string of the molecule is CCCCCC(=O)c1ccc(O)c2ncccc12.O=S(=O)(c1ccc(O)c2ncccc12)N1CCCCC1.[Zn]. The summed E-state index contributed by atoms with van der Waals surface area (Å²) in [6, 6.07) is 13.1. The molecule has 202 valence electrons. The number of aromatic hydroxyl groups is 2. The van der Waals surface area contributed by atoms with Crippen LogP contribution in [0.4, 0.5) is 0 Å². The molecule has 0 saturated carbocycles. The molecule has 0 radical (unpaired) electrons. The van der Waals surface area contributed by atoms with Crippen LogP contribution >= 0.6 is 0 Å². The van der Waals surface area contributed by atoms with Crippen LogP contribution in [0.2, 0.25) is 0 Å². The third-order valence-corrected chi connectivity index (χ3v) is 8.65. The van der Waals surface area contributed by atoms with Gasteiger partial charge in [0, 0.05) is 67.7 Å².